The third-order valence-electron chi connectivity index (χ3n) is 4.49. The second-order valence-corrected chi connectivity index (χ2v) is 7.29. The molecule has 0 radical (unpaired) electrons. The fourth-order valence-electron chi connectivity index (χ4n) is 3.00. The number of aliphatic hydroxyl groups is 1. The van der Waals surface area contributed by atoms with Gasteiger partial charge >= 0.3 is 29.0 Å². The summed E-state index contributed by atoms with van der Waals surface area (Å²) in [6.45, 7) is 5.42. The average molecular weight is 546 g/mol. The largest absolute Gasteiger partial charge is 2.00 e. The second kappa shape index (κ2) is 15.0. The predicted molar refractivity (Wildman–Crippen MR) is 127 cm³/mol. The van der Waals surface area contributed by atoms with E-state index < -0.39 is 11.6 Å². The Kier molecular flexibility index (Phi) is 14.1. The Morgan fingerprint density at radius 2 is 1.53 bits per heavy atom. The number of halogens is 1. The van der Waals surface area contributed by atoms with Crippen LogP contribution in [0.15, 0.2) is 37.2 Å². The van der Waals surface area contributed by atoms with Crippen molar-refractivity contribution in [3.05, 3.63) is 56.0 Å². The Balaban J connectivity index is 0.000000497. The van der Waals surface area contributed by atoms with Gasteiger partial charge < -0.3 is 49.0 Å². The van der Waals surface area contributed by atoms with E-state index in [9.17, 15) is 9.90 Å². The smallest absolute Gasteiger partial charge is 1.00 e. The Labute approximate surface area is 225 Å². The van der Waals surface area contributed by atoms with E-state index in [-0.39, 0.29) is 53.2 Å². The van der Waals surface area contributed by atoms with Crippen molar-refractivity contribution < 1.29 is 36.4 Å². The molecule has 4 aromatic rings. The summed E-state index contributed by atoms with van der Waals surface area (Å²) in [4.78, 5) is 32.9. The molecule has 1 aliphatic heterocycles. The van der Waals surface area contributed by atoms with Gasteiger partial charge in [0.1, 0.15) is 29.6 Å². The maximum Gasteiger partial charge on any atom is 2.00 e. The molecular weight excluding hydrogens is 516 g/mol. The molecule has 4 aromatic heterocycles. The Morgan fingerprint density at radius 3 is 2.03 bits per heavy atom. The van der Waals surface area contributed by atoms with Crippen LogP contribution in [0.4, 0.5) is 0 Å². The molecule has 0 aliphatic carbocycles. The molecule has 1 fully saturated rings. The number of aromatic amines is 2. The van der Waals surface area contributed by atoms with Crippen LogP contribution in [0.25, 0.3) is 22.1 Å². The third-order valence-corrected chi connectivity index (χ3v) is 4.49. The minimum Gasteiger partial charge on any atom is -1.00 e. The van der Waals surface area contributed by atoms with Crippen molar-refractivity contribution in [3.8, 4) is 0 Å². The average Bonchev–Trinajstić information content (AvgIpc) is 3.54. The molecule has 5 rings (SSSR count). The van der Waals surface area contributed by atoms with E-state index >= 15 is 0 Å². The quantitative estimate of drug-likeness (QED) is 0.179. The maximum absolute atomic E-state index is 11.2. The second-order valence-electron chi connectivity index (χ2n) is 7.29. The summed E-state index contributed by atoms with van der Waals surface area (Å²) in [6.07, 6.45) is 8.82. The van der Waals surface area contributed by atoms with Gasteiger partial charge in [-0.15, -0.1) is 0 Å². The molecule has 1 aliphatic rings. The van der Waals surface area contributed by atoms with Gasteiger partial charge in [0.2, 0.25) is 0 Å². The summed E-state index contributed by atoms with van der Waals surface area (Å²) in [5.41, 5.74) is 1.40. The fraction of sp³-hybridized carbons (Fsp3) is 0.364. The Bertz CT molecular complexity index is 1130. The van der Waals surface area contributed by atoms with E-state index in [1.54, 1.807) is 32.3 Å². The molecule has 10 nitrogen and oxygen atoms in total. The first-order chi connectivity index (χ1) is 14.9. The number of fused-ring (bicyclic) bond motifs is 2. The van der Waals surface area contributed by atoms with Crippen molar-refractivity contribution in [1.82, 2.24) is 29.9 Å². The molecule has 0 atom stereocenters. The van der Waals surface area contributed by atoms with Crippen LogP contribution >= 0.6 is 0 Å². The zero-order valence-corrected chi connectivity index (χ0v) is 22.8. The SMILES string of the molecule is C1CCOC1.CC(C)(O)c1ncnc2[nH]ccc12.COC(=O)c1ncnc2[nH]ccc12.[Br-].[CH3-].[Mg+2]. The molecule has 0 unspecified atom stereocenters. The van der Waals surface area contributed by atoms with Crippen LogP contribution in [-0.2, 0) is 15.1 Å². The molecular formula is C22H29BrMgN6O4. The molecule has 0 spiro atoms. The first-order valence-corrected chi connectivity index (χ1v) is 9.87. The Hall–Kier alpha value is -2.12. The number of carbonyl (C=O) groups is 1. The number of aromatic nitrogens is 6. The molecule has 0 aromatic carbocycles. The van der Waals surface area contributed by atoms with Crippen molar-refractivity contribution in [1.29, 1.82) is 0 Å². The van der Waals surface area contributed by atoms with Crippen LogP contribution in [0.2, 0.25) is 0 Å². The summed E-state index contributed by atoms with van der Waals surface area (Å²) in [5, 5.41) is 11.3. The number of hydrogen-bond acceptors (Lipinski definition) is 8. The number of carbonyl (C=O) groups excluding carboxylic acids is 1. The zero-order valence-electron chi connectivity index (χ0n) is 19.8. The van der Waals surface area contributed by atoms with Crippen LogP contribution in [0, 0.1) is 7.43 Å². The molecule has 0 amide bonds. The molecule has 34 heavy (non-hydrogen) atoms. The summed E-state index contributed by atoms with van der Waals surface area (Å²) < 4.78 is 9.52. The summed E-state index contributed by atoms with van der Waals surface area (Å²) in [6, 6.07) is 3.60. The zero-order chi connectivity index (χ0) is 22.3. The molecule has 1 saturated heterocycles. The number of esters is 1. The van der Waals surface area contributed by atoms with E-state index in [0.717, 1.165) is 24.2 Å². The molecule has 0 bridgehead atoms. The van der Waals surface area contributed by atoms with Crippen LogP contribution in [0.3, 0.4) is 0 Å². The van der Waals surface area contributed by atoms with Gasteiger partial charge in [0.25, 0.3) is 0 Å². The summed E-state index contributed by atoms with van der Waals surface area (Å²) in [5.74, 6) is -0.452. The van der Waals surface area contributed by atoms with Gasteiger partial charge in [-0.3, -0.25) is 0 Å². The van der Waals surface area contributed by atoms with E-state index in [2.05, 4.69) is 34.6 Å². The first-order valence-electron chi connectivity index (χ1n) is 9.87. The van der Waals surface area contributed by atoms with Crippen LogP contribution < -0.4 is 17.0 Å². The Morgan fingerprint density at radius 1 is 1.00 bits per heavy atom. The van der Waals surface area contributed by atoms with Crippen molar-refractivity contribution in [2.45, 2.75) is 32.3 Å². The molecule has 12 heteroatoms. The van der Waals surface area contributed by atoms with E-state index in [1.165, 1.54) is 32.6 Å². The molecule has 3 N–H and O–H groups in total. The number of methoxy groups -OCH3 is 1. The van der Waals surface area contributed by atoms with Crippen LogP contribution in [0.5, 0.6) is 0 Å². The minimum atomic E-state index is -0.927. The number of hydrogen-bond donors (Lipinski definition) is 3. The van der Waals surface area contributed by atoms with E-state index in [0.29, 0.717) is 16.7 Å². The van der Waals surface area contributed by atoms with Crippen LogP contribution in [0.1, 0.15) is 42.9 Å². The molecule has 0 saturated carbocycles. The molecule has 180 valence electrons. The third kappa shape index (κ3) is 8.27. The van der Waals surface area contributed by atoms with Crippen molar-refractivity contribution >= 4 is 51.1 Å². The topological polar surface area (TPSA) is 139 Å². The summed E-state index contributed by atoms with van der Waals surface area (Å²) >= 11 is 0. The number of nitrogens with zero attached hydrogens (tertiary/aromatic N) is 4. The van der Waals surface area contributed by atoms with Gasteiger partial charge in [0.15, 0.2) is 5.69 Å². The van der Waals surface area contributed by atoms with Gasteiger partial charge in [0, 0.05) is 31.0 Å². The van der Waals surface area contributed by atoms with Crippen molar-refractivity contribution in [2.24, 2.45) is 0 Å². The number of ether oxygens (including phenoxy) is 2. The monoisotopic (exact) mass is 544 g/mol. The van der Waals surface area contributed by atoms with Crippen LogP contribution in [-0.4, -0.2) is 84.4 Å². The van der Waals surface area contributed by atoms with Crippen molar-refractivity contribution in [2.75, 3.05) is 20.3 Å². The normalized spacial score (nSPS) is 12.1. The van der Waals surface area contributed by atoms with Gasteiger partial charge in [-0.25, -0.2) is 24.7 Å². The standard InChI is InChI=1S/C9H11N3O.C8H7N3O2.C4H8O.CH3.BrH.Mg/c1-9(2,13)7-6-3-4-10-8(6)12-5-11-7;1-13-8(12)6-5-2-3-9-7(5)11-4-10-6;1-2-4-5-3-1;;;/h3-5,13H,1-2H3,(H,10,11,12);2-4H,1H3,(H,9,10,11);1-4H2;1H3;1H;/q;;;-1;;+2/p-1. The summed E-state index contributed by atoms with van der Waals surface area (Å²) in [7, 11) is 1.32. The van der Waals surface area contributed by atoms with E-state index in [1.807, 2.05) is 6.07 Å². The van der Waals surface area contributed by atoms with Crippen molar-refractivity contribution in [3.63, 3.8) is 0 Å². The minimum absolute atomic E-state index is 0. The number of H-pyrrole nitrogens is 2. The van der Waals surface area contributed by atoms with Gasteiger partial charge in [0.05, 0.1) is 18.2 Å². The molecule has 5 heterocycles. The van der Waals surface area contributed by atoms with E-state index in [4.69, 9.17) is 4.74 Å². The van der Waals surface area contributed by atoms with Gasteiger partial charge in [-0.05, 0) is 38.8 Å². The maximum atomic E-state index is 11.2. The predicted octanol–water partition coefficient (Wildman–Crippen LogP) is -0.200. The van der Waals surface area contributed by atoms with Gasteiger partial charge in [-0.1, -0.05) is 0 Å². The number of rotatable bonds is 2. The van der Waals surface area contributed by atoms with Gasteiger partial charge in [-0.2, -0.15) is 0 Å². The fourth-order valence-corrected chi connectivity index (χ4v) is 3.00. The number of nitrogens with one attached hydrogen (secondary N) is 2. The first kappa shape index (κ1) is 31.9.